The molecule has 3 heteroatoms. The van der Waals surface area contributed by atoms with E-state index in [2.05, 4.69) is 0 Å². The molecule has 0 saturated carbocycles. The molecule has 0 spiro atoms. The van der Waals surface area contributed by atoms with Crippen LogP contribution >= 0.6 is 0 Å². The Morgan fingerprint density at radius 3 is 2.82 bits per heavy atom. The Hall–Kier alpha value is -1.12. The van der Waals surface area contributed by atoms with Gasteiger partial charge in [-0.15, -0.1) is 0 Å². The third kappa shape index (κ3) is 1.67. The topological polar surface area (TPSA) is 43.4 Å². The van der Waals surface area contributed by atoms with Gasteiger partial charge in [-0.25, -0.2) is 0 Å². The lowest BCUT2D eigenvalue weighted by Gasteiger charge is -2.16. The van der Waals surface area contributed by atoms with Gasteiger partial charge < -0.3 is 4.74 Å². The molecule has 0 N–H and O–H groups in total. The number of allylic oxidation sites excluding steroid dienone is 1. The van der Waals surface area contributed by atoms with Crippen LogP contribution in [-0.2, 0) is 14.3 Å². The van der Waals surface area contributed by atoms with Crippen LogP contribution in [-0.4, -0.2) is 18.4 Å². The predicted octanol–water partition coefficient (Wildman–Crippen LogP) is 0.695. The summed E-state index contributed by atoms with van der Waals surface area (Å²) < 4.78 is 4.70. The minimum absolute atomic E-state index is 0.0423. The van der Waals surface area contributed by atoms with Crippen molar-refractivity contribution in [1.82, 2.24) is 0 Å². The first-order valence-corrected chi connectivity index (χ1v) is 3.58. The summed E-state index contributed by atoms with van der Waals surface area (Å²) in [7, 11) is 0. The molecular weight excluding hydrogens is 144 g/mol. The van der Waals surface area contributed by atoms with E-state index in [1.165, 1.54) is 0 Å². The Kier molecular flexibility index (Phi) is 2.41. The molecule has 0 amide bonds. The van der Waals surface area contributed by atoms with Gasteiger partial charge in [0.2, 0.25) is 0 Å². The maximum Gasteiger partial charge on any atom is 0.320 e. The van der Waals surface area contributed by atoms with E-state index >= 15 is 0 Å². The molecule has 1 aliphatic rings. The third-order valence-electron chi connectivity index (χ3n) is 1.58. The monoisotopic (exact) mass is 154 g/mol. The molecule has 1 rings (SSSR count). The van der Waals surface area contributed by atoms with Gasteiger partial charge in [-0.1, -0.05) is 12.2 Å². The Morgan fingerprint density at radius 2 is 2.27 bits per heavy atom. The fraction of sp³-hybridized carbons (Fsp3) is 0.500. The summed E-state index contributed by atoms with van der Waals surface area (Å²) in [4.78, 5) is 21.9. The van der Waals surface area contributed by atoms with Crippen molar-refractivity contribution >= 4 is 11.8 Å². The second kappa shape index (κ2) is 3.32. The minimum atomic E-state index is -0.645. The molecule has 0 aromatic carbocycles. The van der Waals surface area contributed by atoms with Crippen LogP contribution in [0.1, 0.15) is 13.3 Å². The summed E-state index contributed by atoms with van der Waals surface area (Å²) in [6.07, 6.45) is 3.61. The van der Waals surface area contributed by atoms with Gasteiger partial charge in [-0.3, -0.25) is 9.59 Å². The van der Waals surface area contributed by atoms with Gasteiger partial charge >= 0.3 is 5.97 Å². The number of cyclic esters (lactones) is 1. The van der Waals surface area contributed by atoms with Crippen molar-refractivity contribution in [1.29, 1.82) is 0 Å². The van der Waals surface area contributed by atoms with Gasteiger partial charge in [-0.2, -0.15) is 0 Å². The fourth-order valence-electron chi connectivity index (χ4n) is 1.01. The van der Waals surface area contributed by atoms with Crippen molar-refractivity contribution in [3.8, 4) is 0 Å². The van der Waals surface area contributed by atoms with Crippen molar-refractivity contribution < 1.29 is 14.3 Å². The molecule has 1 fully saturated rings. The zero-order valence-electron chi connectivity index (χ0n) is 6.37. The van der Waals surface area contributed by atoms with Crippen LogP contribution in [0.4, 0.5) is 0 Å². The molecule has 0 aromatic rings. The lowest BCUT2D eigenvalue weighted by atomic mass is 9.99. The first kappa shape index (κ1) is 7.98. The minimum Gasteiger partial charge on any atom is -0.464 e. The molecule has 60 valence electrons. The Balaban J connectivity index is 2.70. The van der Waals surface area contributed by atoms with E-state index < -0.39 is 11.9 Å². The number of carbonyl (C=O) groups excluding carboxylic acids is 2. The summed E-state index contributed by atoms with van der Waals surface area (Å²) in [6, 6.07) is 0. The lowest BCUT2D eigenvalue weighted by molar-refractivity contribution is -0.155. The van der Waals surface area contributed by atoms with E-state index in [4.69, 9.17) is 4.74 Å². The largest absolute Gasteiger partial charge is 0.464 e. The van der Waals surface area contributed by atoms with Crippen LogP contribution in [0.15, 0.2) is 12.2 Å². The molecule has 11 heavy (non-hydrogen) atoms. The van der Waals surface area contributed by atoms with Crippen LogP contribution in [0, 0.1) is 5.92 Å². The van der Waals surface area contributed by atoms with Gasteiger partial charge in [-0.05, 0) is 6.92 Å². The van der Waals surface area contributed by atoms with Crippen LogP contribution in [0.2, 0.25) is 0 Å². The normalized spacial score (nSPS) is 25.7. The summed E-state index contributed by atoms with van der Waals surface area (Å²) in [5.74, 6) is -1.10. The highest BCUT2D eigenvalue weighted by Crippen LogP contribution is 2.12. The molecule has 0 bridgehead atoms. The number of ether oxygens (including phenoxy) is 1. The number of hydrogen-bond donors (Lipinski definition) is 0. The Labute approximate surface area is 65.0 Å². The van der Waals surface area contributed by atoms with Gasteiger partial charge in [0.25, 0.3) is 0 Å². The molecule has 1 unspecified atom stereocenters. The van der Waals surface area contributed by atoms with Crippen molar-refractivity contribution in [3.05, 3.63) is 12.2 Å². The molecule has 0 aromatic heterocycles. The first-order chi connectivity index (χ1) is 5.25. The Bertz CT molecular complexity index is 189. The summed E-state index contributed by atoms with van der Waals surface area (Å²) >= 11 is 0. The molecule has 1 heterocycles. The average molecular weight is 154 g/mol. The molecule has 1 atom stereocenters. The van der Waals surface area contributed by atoms with E-state index in [9.17, 15) is 9.59 Å². The van der Waals surface area contributed by atoms with E-state index in [-0.39, 0.29) is 12.4 Å². The smallest absolute Gasteiger partial charge is 0.320 e. The standard InChI is InChI=1S/C8H10O3/c1-2-3-6-7(9)4-5-11-8(6)10/h2-3,6H,4-5H2,1H3/b3-2+. The second-order valence-corrected chi connectivity index (χ2v) is 2.39. The predicted molar refractivity (Wildman–Crippen MR) is 38.9 cm³/mol. The summed E-state index contributed by atoms with van der Waals surface area (Å²) in [6.45, 7) is 2.01. The van der Waals surface area contributed by atoms with Crippen LogP contribution < -0.4 is 0 Å². The van der Waals surface area contributed by atoms with E-state index in [1.54, 1.807) is 19.1 Å². The molecule has 1 aliphatic heterocycles. The third-order valence-corrected chi connectivity index (χ3v) is 1.58. The number of hydrogen-bond acceptors (Lipinski definition) is 3. The van der Waals surface area contributed by atoms with Gasteiger partial charge in [0.05, 0.1) is 6.61 Å². The zero-order chi connectivity index (χ0) is 8.27. The quantitative estimate of drug-likeness (QED) is 0.317. The van der Waals surface area contributed by atoms with Crippen molar-refractivity contribution in [2.45, 2.75) is 13.3 Å². The van der Waals surface area contributed by atoms with Gasteiger partial charge in [0.15, 0.2) is 5.78 Å². The van der Waals surface area contributed by atoms with E-state index in [0.717, 1.165) is 0 Å². The highest BCUT2D eigenvalue weighted by atomic mass is 16.5. The van der Waals surface area contributed by atoms with Crippen LogP contribution in [0.5, 0.6) is 0 Å². The number of carbonyl (C=O) groups is 2. The van der Waals surface area contributed by atoms with Crippen LogP contribution in [0.3, 0.4) is 0 Å². The average Bonchev–Trinajstić information content (AvgIpc) is 1.97. The van der Waals surface area contributed by atoms with Crippen molar-refractivity contribution in [3.63, 3.8) is 0 Å². The number of esters is 1. The summed E-state index contributed by atoms with van der Waals surface area (Å²) in [5, 5.41) is 0. The van der Waals surface area contributed by atoms with Crippen LogP contribution in [0.25, 0.3) is 0 Å². The van der Waals surface area contributed by atoms with Crippen molar-refractivity contribution in [2.75, 3.05) is 6.61 Å². The molecular formula is C8H10O3. The van der Waals surface area contributed by atoms with Gasteiger partial charge in [0.1, 0.15) is 5.92 Å². The lowest BCUT2D eigenvalue weighted by Crippen LogP contribution is -2.31. The van der Waals surface area contributed by atoms with E-state index in [1.807, 2.05) is 0 Å². The maximum absolute atomic E-state index is 11.0. The highest BCUT2D eigenvalue weighted by molar-refractivity contribution is 6.02. The second-order valence-electron chi connectivity index (χ2n) is 2.39. The summed E-state index contributed by atoms with van der Waals surface area (Å²) in [5.41, 5.74) is 0. The molecule has 3 nitrogen and oxygen atoms in total. The first-order valence-electron chi connectivity index (χ1n) is 3.58. The maximum atomic E-state index is 11.0. The van der Waals surface area contributed by atoms with Gasteiger partial charge in [0, 0.05) is 6.42 Å². The molecule has 0 radical (unpaired) electrons. The zero-order valence-corrected chi connectivity index (χ0v) is 6.37. The number of ketones is 1. The highest BCUT2D eigenvalue weighted by Gasteiger charge is 2.28. The SMILES string of the molecule is C/C=C/C1C(=O)CCOC1=O. The molecule has 0 aliphatic carbocycles. The number of Topliss-reactive ketones (excluding diaryl/α,β-unsaturated/α-hetero) is 1. The van der Waals surface area contributed by atoms with E-state index in [0.29, 0.717) is 6.42 Å². The fourth-order valence-corrected chi connectivity index (χ4v) is 1.01. The van der Waals surface area contributed by atoms with Crippen molar-refractivity contribution in [2.24, 2.45) is 5.92 Å². The Morgan fingerprint density at radius 1 is 1.55 bits per heavy atom. The number of rotatable bonds is 1. The molecule has 1 saturated heterocycles.